The molecule has 1 unspecified atom stereocenters. The number of para-hydroxylation sites is 1. The minimum absolute atomic E-state index is 0.0153. The summed E-state index contributed by atoms with van der Waals surface area (Å²) in [7, 11) is 0. The van der Waals surface area contributed by atoms with Crippen LogP contribution in [0, 0.1) is 13.8 Å². The average molecular weight is 557 g/mol. The quantitative estimate of drug-likeness (QED) is 0.306. The lowest BCUT2D eigenvalue weighted by Gasteiger charge is -2.40. The fourth-order valence-electron chi connectivity index (χ4n) is 4.32. The lowest BCUT2D eigenvalue weighted by Crippen LogP contribution is -2.55. The number of aromatic nitrogens is 3. The SMILES string of the molecule is Cc1ccccc1-n1c(C)nnc1SCCCC(=O)N1CCN(C(=O)c2ccc(Br)cc2)C(C)C1. The summed E-state index contributed by atoms with van der Waals surface area (Å²) >= 11 is 5.03. The summed E-state index contributed by atoms with van der Waals surface area (Å²) in [5.74, 6) is 1.79. The van der Waals surface area contributed by atoms with E-state index in [0.717, 1.165) is 33.3 Å². The van der Waals surface area contributed by atoms with Crippen molar-refractivity contribution in [3.8, 4) is 5.69 Å². The molecule has 184 valence electrons. The molecule has 35 heavy (non-hydrogen) atoms. The average Bonchev–Trinajstić information content (AvgIpc) is 3.22. The molecule has 1 fully saturated rings. The highest BCUT2D eigenvalue weighted by Gasteiger charge is 2.30. The molecule has 2 aromatic carbocycles. The number of carbonyl (C=O) groups excluding carboxylic acids is 2. The molecule has 9 heteroatoms. The predicted molar refractivity (Wildman–Crippen MR) is 142 cm³/mol. The zero-order valence-corrected chi connectivity index (χ0v) is 22.7. The molecular weight excluding hydrogens is 526 g/mol. The van der Waals surface area contributed by atoms with E-state index in [9.17, 15) is 9.59 Å². The van der Waals surface area contributed by atoms with Crippen LogP contribution in [0.4, 0.5) is 0 Å². The third-order valence-corrected chi connectivity index (χ3v) is 7.79. The first-order valence-electron chi connectivity index (χ1n) is 11.8. The summed E-state index contributed by atoms with van der Waals surface area (Å²) in [6.07, 6.45) is 1.24. The Kier molecular flexibility index (Phi) is 8.28. The van der Waals surface area contributed by atoms with E-state index >= 15 is 0 Å². The summed E-state index contributed by atoms with van der Waals surface area (Å²) < 4.78 is 3.02. The van der Waals surface area contributed by atoms with Gasteiger partial charge in [0.05, 0.1) is 5.69 Å². The number of aryl methyl sites for hydroxylation is 2. The Morgan fingerprint density at radius 2 is 1.80 bits per heavy atom. The standard InChI is InChI=1S/C26H30BrN5O2S/c1-18-7-4-5-8-23(18)32-20(3)28-29-26(32)35-16-6-9-24(33)30-14-15-31(19(2)17-30)25(34)21-10-12-22(27)13-11-21/h4-5,7-8,10-13,19H,6,9,14-17H2,1-3H3. The monoisotopic (exact) mass is 555 g/mol. The molecule has 1 saturated heterocycles. The second-order valence-corrected chi connectivity index (χ2v) is 10.8. The summed E-state index contributed by atoms with van der Waals surface area (Å²) in [6, 6.07) is 15.6. The van der Waals surface area contributed by atoms with Gasteiger partial charge in [-0.3, -0.25) is 14.2 Å². The smallest absolute Gasteiger partial charge is 0.254 e. The van der Waals surface area contributed by atoms with Crippen LogP contribution in [0.2, 0.25) is 0 Å². The van der Waals surface area contributed by atoms with Crippen LogP contribution in [0.5, 0.6) is 0 Å². The number of hydrogen-bond acceptors (Lipinski definition) is 5. The van der Waals surface area contributed by atoms with Crippen LogP contribution in [0.1, 0.15) is 41.5 Å². The second-order valence-electron chi connectivity index (χ2n) is 8.80. The van der Waals surface area contributed by atoms with Gasteiger partial charge in [-0.05, 0) is 63.1 Å². The van der Waals surface area contributed by atoms with E-state index in [1.165, 1.54) is 5.56 Å². The maximum Gasteiger partial charge on any atom is 0.254 e. The van der Waals surface area contributed by atoms with Crippen LogP contribution in [-0.2, 0) is 4.79 Å². The van der Waals surface area contributed by atoms with Crippen molar-refractivity contribution in [3.05, 3.63) is 70.0 Å². The van der Waals surface area contributed by atoms with Crippen LogP contribution in [0.3, 0.4) is 0 Å². The highest BCUT2D eigenvalue weighted by Crippen LogP contribution is 2.25. The summed E-state index contributed by atoms with van der Waals surface area (Å²) in [6.45, 7) is 7.72. The molecule has 2 amide bonds. The molecule has 0 radical (unpaired) electrons. The molecule has 1 aromatic heterocycles. The Hall–Kier alpha value is -2.65. The van der Waals surface area contributed by atoms with Crippen molar-refractivity contribution in [2.45, 2.75) is 44.8 Å². The minimum Gasteiger partial charge on any atom is -0.339 e. The van der Waals surface area contributed by atoms with Gasteiger partial charge in [0.25, 0.3) is 5.91 Å². The third-order valence-electron chi connectivity index (χ3n) is 6.25. The van der Waals surface area contributed by atoms with Gasteiger partial charge in [0.2, 0.25) is 5.91 Å². The van der Waals surface area contributed by atoms with Crippen LogP contribution in [-0.4, -0.2) is 67.8 Å². The van der Waals surface area contributed by atoms with E-state index in [0.29, 0.717) is 31.6 Å². The second kappa shape index (κ2) is 11.4. The number of amides is 2. The number of halogens is 1. The van der Waals surface area contributed by atoms with Gasteiger partial charge in [0.1, 0.15) is 5.82 Å². The molecule has 4 rings (SSSR count). The zero-order valence-electron chi connectivity index (χ0n) is 20.3. The van der Waals surface area contributed by atoms with E-state index in [1.807, 2.05) is 60.0 Å². The van der Waals surface area contributed by atoms with E-state index < -0.39 is 0 Å². The van der Waals surface area contributed by atoms with Crippen molar-refractivity contribution in [2.75, 3.05) is 25.4 Å². The molecule has 1 aliphatic rings. The van der Waals surface area contributed by atoms with E-state index in [2.05, 4.69) is 49.8 Å². The minimum atomic E-state index is -0.0196. The highest BCUT2D eigenvalue weighted by molar-refractivity contribution is 9.10. The van der Waals surface area contributed by atoms with E-state index in [1.54, 1.807) is 11.8 Å². The largest absolute Gasteiger partial charge is 0.339 e. The summed E-state index contributed by atoms with van der Waals surface area (Å²) in [5.41, 5.74) is 2.92. The molecule has 0 bridgehead atoms. The Bertz CT molecular complexity index is 1200. The summed E-state index contributed by atoms with van der Waals surface area (Å²) in [4.78, 5) is 29.5. The van der Waals surface area contributed by atoms with Crippen molar-refractivity contribution < 1.29 is 9.59 Å². The molecule has 0 spiro atoms. The normalized spacial score (nSPS) is 15.9. The summed E-state index contributed by atoms with van der Waals surface area (Å²) in [5, 5.41) is 9.45. The van der Waals surface area contributed by atoms with Gasteiger partial charge in [-0.25, -0.2) is 0 Å². The van der Waals surface area contributed by atoms with Crippen LogP contribution in [0.25, 0.3) is 5.69 Å². The topological polar surface area (TPSA) is 71.3 Å². The molecule has 1 aliphatic heterocycles. The maximum absolute atomic E-state index is 12.9. The first kappa shape index (κ1) is 25.4. The molecular formula is C26H30BrN5O2S. The molecule has 1 atom stereocenters. The molecule has 0 aliphatic carbocycles. The number of benzene rings is 2. The van der Waals surface area contributed by atoms with E-state index in [-0.39, 0.29) is 17.9 Å². The van der Waals surface area contributed by atoms with Gasteiger partial charge in [-0.1, -0.05) is 45.9 Å². The van der Waals surface area contributed by atoms with Gasteiger partial charge in [0, 0.05) is 47.9 Å². The Labute approximate surface area is 219 Å². The lowest BCUT2D eigenvalue weighted by atomic mass is 10.1. The maximum atomic E-state index is 12.9. The number of rotatable bonds is 7. The van der Waals surface area contributed by atoms with E-state index in [4.69, 9.17) is 0 Å². The molecule has 2 heterocycles. The molecule has 3 aromatic rings. The Balaban J connectivity index is 1.27. The molecule has 0 N–H and O–H groups in total. The van der Waals surface area contributed by atoms with Gasteiger partial charge < -0.3 is 9.80 Å². The Morgan fingerprint density at radius 3 is 2.51 bits per heavy atom. The van der Waals surface area contributed by atoms with Crippen molar-refractivity contribution in [2.24, 2.45) is 0 Å². The Morgan fingerprint density at radius 1 is 1.06 bits per heavy atom. The van der Waals surface area contributed by atoms with Crippen molar-refractivity contribution >= 4 is 39.5 Å². The molecule has 0 saturated carbocycles. The van der Waals surface area contributed by atoms with Crippen LogP contribution >= 0.6 is 27.7 Å². The fourth-order valence-corrected chi connectivity index (χ4v) is 5.51. The number of hydrogen-bond donors (Lipinski definition) is 0. The van der Waals surface area contributed by atoms with Crippen LogP contribution in [0.15, 0.2) is 58.2 Å². The fraction of sp³-hybridized carbons (Fsp3) is 0.385. The van der Waals surface area contributed by atoms with Gasteiger partial charge in [-0.2, -0.15) is 0 Å². The van der Waals surface area contributed by atoms with Crippen molar-refractivity contribution in [1.82, 2.24) is 24.6 Å². The highest BCUT2D eigenvalue weighted by atomic mass is 79.9. The lowest BCUT2D eigenvalue weighted by molar-refractivity contribution is -0.133. The first-order valence-corrected chi connectivity index (χ1v) is 13.6. The number of thioether (sulfide) groups is 1. The number of carbonyl (C=O) groups is 2. The number of piperazine rings is 1. The van der Waals surface area contributed by atoms with Gasteiger partial charge in [-0.15, -0.1) is 10.2 Å². The van der Waals surface area contributed by atoms with Gasteiger partial charge >= 0.3 is 0 Å². The molecule has 7 nitrogen and oxygen atoms in total. The van der Waals surface area contributed by atoms with Gasteiger partial charge in [0.15, 0.2) is 5.16 Å². The van der Waals surface area contributed by atoms with Crippen LogP contribution < -0.4 is 0 Å². The first-order chi connectivity index (χ1) is 16.8. The predicted octanol–water partition coefficient (Wildman–Crippen LogP) is 4.89. The van der Waals surface area contributed by atoms with Crippen molar-refractivity contribution in [1.29, 1.82) is 0 Å². The zero-order chi connectivity index (χ0) is 24.9. The number of nitrogens with zero attached hydrogens (tertiary/aromatic N) is 5. The third kappa shape index (κ3) is 5.95. The van der Waals surface area contributed by atoms with Crippen molar-refractivity contribution in [3.63, 3.8) is 0 Å².